The second-order valence-corrected chi connectivity index (χ2v) is 2.99. The molecule has 0 aromatic heterocycles. The predicted octanol–water partition coefficient (Wildman–Crippen LogP) is 1.16. The van der Waals surface area contributed by atoms with Gasteiger partial charge in [0.15, 0.2) is 0 Å². The van der Waals surface area contributed by atoms with Crippen molar-refractivity contribution in [1.29, 1.82) is 0 Å². The molecule has 1 aliphatic heterocycles. The fourth-order valence-electron chi connectivity index (χ4n) is 1.51. The van der Waals surface area contributed by atoms with Crippen LogP contribution in [-0.4, -0.2) is 23.1 Å². The van der Waals surface area contributed by atoms with E-state index in [0.29, 0.717) is 0 Å². The van der Waals surface area contributed by atoms with Crippen LogP contribution in [0.1, 0.15) is 25.7 Å². The molecule has 0 amide bonds. The molecule has 1 N–H and O–H groups in total. The second kappa shape index (κ2) is 1.95. The molecule has 56 valence electrons. The van der Waals surface area contributed by atoms with Crippen LogP contribution in [0.25, 0.3) is 0 Å². The number of rotatable bonds is 0. The predicted molar refractivity (Wildman–Crippen MR) is 36.4 cm³/mol. The average molecular weight is 141 g/mol. The van der Waals surface area contributed by atoms with Gasteiger partial charge in [0.2, 0.25) is 0 Å². The fourth-order valence-corrected chi connectivity index (χ4v) is 1.51. The first-order valence-corrected chi connectivity index (χ1v) is 3.73. The first kappa shape index (κ1) is 6.16. The average Bonchev–Trinajstić information content (AvgIpc) is 2.71. The minimum Gasteiger partial charge on any atom is -0.411 e. The van der Waals surface area contributed by atoms with E-state index >= 15 is 0 Å². The van der Waals surface area contributed by atoms with Gasteiger partial charge in [0, 0.05) is 6.61 Å². The van der Waals surface area contributed by atoms with Crippen LogP contribution in [-0.2, 0) is 4.74 Å². The summed E-state index contributed by atoms with van der Waals surface area (Å²) < 4.78 is 5.49. The minimum absolute atomic E-state index is 0.104. The van der Waals surface area contributed by atoms with Gasteiger partial charge in [0.25, 0.3) is 0 Å². The Morgan fingerprint density at radius 1 is 1.50 bits per heavy atom. The van der Waals surface area contributed by atoms with Crippen molar-refractivity contribution >= 4 is 5.71 Å². The van der Waals surface area contributed by atoms with E-state index in [1.54, 1.807) is 0 Å². The van der Waals surface area contributed by atoms with E-state index in [9.17, 15) is 0 Å². The highest BCUT2D eigenvalue weighted by molar-refractivity contribution is 5.95. The van der Waals surface area contributed by atoms with E-state index in [-0.39, 0.29) is 5.60 Å². The van der Waals surface area contributed by atoms with E-state index in [0.717, 1.165) is 38.0 Å². The Bertz CT molecular complexity index is 172. The molecule has 10 heavy (non-hydrogen) atoms. The Kier molecular flexibility index (Phi) is 1.20. The largest absolute Gasteiger partial charge is 0.411 e. The molecule has 1 aliphatic carbocycles. The molecule has 3 heteroatoms. The quantitative estimate of drug-likeness (QED) is 0.406. The van der Waals surface area contributed by atoms with Gasteiger partial charge >= 0.3 is 0 Å². The summed E-state index contributed by atoms with van der Waals surface area (Å²) in [6.45, 7) is 0.832. The van der Waals surface area contributed by atoms with Gasteiger partial charge in [-0.2, -0.15) is 0 Å². The maximum Gasteiger partial charge on any atom is 0.110 e. The highest BCUT2D eigenvalue weighted by Crippen LogP contribution is 2.44. The molecule has 0 unspecified atom stereocenters. The summed E-state index contributed by atoms with van der Waals surface area (Å²) in [4.78, 5) is 0. The minimum atomic E-state index is -0.104. The monoisotopic (exact) mass is 141 g/mol. The molecule has 3 nitrogen and oxygen atoms in total. The van der Waals surface area contributed by atoms with Crippen molar-refractivity contribution in [1.82, 2.24) is 0 Å². The molecular formula is C7H11NO2. The Balaban J connectivity index is 2.15. The van der Waals surface area contributed by atoms with Crippen LogP contribution in [0.2, 0.25) is 0 Å². The summed E-state index contributed by atoms with van der Waals surface area (Å²) in [5.41, 5.74) is 0.756. The van der Waals surface area contributed by atoms with Gasteiger partial charge < -0.3 is 9.94 Å². The molecule has 0 atom stereocenters. The summed E-state index contributed by atoms with van der Waals surface area (Å²) in [5, 5.41) is 11.8. The zero-order valence-electron chi connectivity index (χ0n) is 5.84. The molecule has 0 aromatic rings. The van der Waals surface area contributed by atoms with Crippen LogP contribution in [0.3, 0.4) is 0 Å². The normalized spacial score (nSPS) is 33.0. The maximum absolute atomic E-state index is 8.57. The lowest BCUT2D eigenvalue weighted by molar-refractivity contribution is 0.0604. The van der Waals surface area contributed by atoms with Gasteiger partial charge in [0.05, 0.1) is 5.71 Å². The van der Waals surface area contributed by atoms with Gasteiger partial charge in [-0.1, -0.05) is 5.16 Å². The molecule has 2 fully saturated rings. The van der Waals surface area contributed by atoms with Gasteiger partial charge in [-0.15, -0.1) is 0 Å². The number of hydrogen-bond acceptors (Lipinski definition) is 3. The number of hydrogen-bond donors (Lipinski definition) is 1. The molecule has 1 saturated carbocycles. The Morgan fingerprint density at radius 2 is 2.30 bits per heavy atom. The van der Waals surface area contributed by atoms with Gasteiger partial charge in [-0.05, 0) is 25.7 Å². The van der Waals surface area contributed by atoms with E-state index < -0.39 is 0 Å². The van der Waals surface area contributed by atoms with E-state index in [1.165, 1.54) is 0 Å². The van der Waals surface area contributed by atoms with E-state index in [1.807, 2.05) is 0 Å². The molecule has 1 spiro atoms. The zero-order chi connectivity index (χ0) is 7.03. The van der Waals surface area contributed by atoms with Crippen molar-refractivity contribution in [2.45, 2.75) is 31.3 Å². The van der Waals surface area contributed by atoms with Crippen molar-refractivity contribution in [3.63, 3.8) is 0 Å². The van der Waals surface area contributed by atoms with Crippen LogP contribution in [0.4, 0.5) is 0 Å². The fraction of sp³-hybridized carbons (Fsp3) is 0.857. The SMILES string of the molecule is O/N=C1\CCCOC12CC2. The first-order valence-electron chi connectivity index (χ1n) is 3.73. The molecule has 0 aromatic carbocycles. The number of nitrogens with zero attached hydrogens (tertiary/aromatic N) is 1. The Morgan fingerprint density at radius 3 is 2.80 bits per heavy atom. The van der Waals surface area contributed by atoms with Crippen molar-refractivity contribution in [3.05, 3.63) is 0 Å². The third-order valence-corrected chi connectivity index (χ3v) is 2.29. The van der Waals surface area contributed by atoms with Crippen LogP contribution in [0, 0.1) is 0 Å². The highest BCUT2D eigenvalue weighted by Gasteiger charge is 2.50. The Labute approximate surface area is 59.7 Å². The molecule has 1 heterocycles. The standard InChI is InChI=1S/C7H11NO2/c9-8-6-2-1-5-10-7(6)3-4-7/h9H,1-5H2/b8-6+. The van der Waals surface area contributed by atoms with Gasteiger partial charge in [-0.3, -0.25) is 0 Å². The first-order chi connectivity index (χ1) is 4.87. The van der Waals surface area contributed by atoms with Crippen molar-refractivity contribution in [3.8, 4) is 0 Å². The maximum atomic E-state index is 8.57. The molecule has 2 aliphatic rings. The zero-order valence-corrected chi connectivity index (χ0v) is 5.84. The molecule has 2 rings (SSSR count). The second-order valence-electron chi connectivity index (χ2n) is 2.99. The highest BCUT2D eigenvalue weighted by atomic mass is 16.5. The van der Waals surface area contributed by atoms with Crippen molar-refractivity contribution in [2.24, 2.45) is 5.16 Å². The lowest BCUT2D eigenvalue weighted by atomic mass is 10.1. The molecule has 1 saturated heterocycles. The summed E-state index contributed by atoms with van der Waals surface area (Å²) in [5.74, 6) is 0. The smallest absolute Gasteiger partial charge is 0.110 e. The lowest BCUT2D eigenvalue weighted by Crippen LogP contribution is -2.31. The molecular weight excluding hydrogens is 130 g/mol. The van der Waals surface area contributed by atoms with E-state index in [2.05, 4.69) is 5.16 Å². The summed E-state index contributed by atoms with van der Waals surface area (Å²) in [6, 6.07) is 0. The Hall–Kier alpha value is -0.570. The van der Waals surface area contributed by atoms with Gasteiger partial charge in [0.1, 0.15) is 5.60 Å². The topological polar surface area (TPSA) is 41.8 Å². The van der Waals surface area contributed by atoms with Crippen LogP contribution in [0.15, 0.2) is 5.16 Å². The van der Waals surface area contributed by atoms with E-state index in [4.69, 9.17) is 9.94 Å². The van der Waals surface area contributed by atoms with Crippen molar-refractivity contribution < 1.29 is 9.94 Å². The molecule has 0 radical (unpaired) electrons. The molecule has 0 bridgehead atoms. The summed E-state index contributed by atoms with van der Waals surface area (Å²) in [7, 11) is 0. The summed E-state index contributed by atoms with van der Waals surface area (Å²) in [6.07, 6.45) is 4.01. The lowest BCUT2D eigenvalue weighted by Gasteiger charge is -2.22. The van der Waals surface area contributed by atoms with Gasteiger partial charge in [-0.25, -0.2) is 0 Å². The summed E-state index contributed by atoms with van der Waals surface area (Å²) >= 11 is 0. The number of ether oxygens (including phenoxy) is 1. The van der Waals surface area contributed by atoms with Crippen LogP contribution < -0.4 is 0 Å². The number of oxime groups is 1. The third-order valence-electron chi connectivity index (χ3n) is 2.29. The van der Waals surface area contributed by atoms with Crippen molar-refractivity contribution in [2.75, 3.05) is 6.61 Å². The third kappa shape index (κ3) is 0.736. The van der Waals surface area contributed by atoms with Crippen LogP contribution >= 0.6 is 0 Å². The van der Waals surface area contributed by atoms with Crippen LogP contribution in [0.5, 0.6) is 0 Å².